The van der Waals surface area contributed by atoms with Crippen molar-refractivity contribution in [1.82, 2.24) is 5.32 Å². The van der Waals surface area contributed by atoms with E-state index < -0.39 is 11.6 Å². The van der Waals surface area contributed by atoms with Crippen molar-refractivity contribution in [2.75, 3.05) is 26.8 Å². The van der Waals surface area contributed by atoms with Crippen LogP contribution in [0.5, 0.6) is 0 Å². The Bertz CT molecular complexity index is 239. The third-order valence-corrected chi connectivity index (χ3v) is 2.71. The summed E-state index contributed by atoms with van der Waals surface area (Å²) in [4.78, 5) is 11.2. The molecule has 0 aliphatic carbocycles. The number of carbonyl (C=O) groups is 1. The minimum atomic E-state index is -1.50. The lowest BCUT2D eigenvalue weighted by Crippen LogP contribution is -2.47. The molecule has 0 saturated carbocycles. The van der Waals surface area contributed by atoms with E-state index in [-0.39, 0.29) is 18.6 Å². The molecule has 0 spiro atoms. The van der Waals surface area contributed by atoms with Crippen LogP contribution in [0.1, 0.15) is 33.6 Å². The van der Waals surface area contributed by atoms with Crippen LogP contribution in [0.3, 0.4) is 0 Å². The molecule has 0 amide bonds. The number of ether oxygens (including phenoxy) is 1. The van der Waals surface area contributed by atoms with E-state index in [1.165, 1.54) is 14.0 Å². The molecule has 17 heavy (non-hydrogen) atoms. The molecule has 5 nitrogen and oxygen atoms in total. The Kier molecular flexibility index (Phi) is 6.67. The van der Waals surface area contributed by atoms with Crippen LogP contribution in [-0.4, -0.2) is 48.6 Å². The number of nitrogens with one attached hydrogen (secondary N) is 1. The van der Waals surface area contributed by atoms with Crippen molar-refractivity contribution in [2.24, 2.45) is 5.41 Å². The molecule has 0 aromatic carbocycles. The van der Waals surface area contributed by atoms with Crippen molar-refractivity contribution in [3.05, 3.63) is 0 Å². The van der Waals surface area contributed by atoms with Crippen LogP contribution in [0.2, 0.25) is 0 Å². The van der Waals surface area contributed by atoms with Gasteiger partial charge in [-0.3, -0.25) is 0 Å². The number of aliphatic hydroxyl groups is 2. The SMILES string of the molecule is COC(=O)C(C)(O)CNCC(C)(C)CCCO. The molecule has 0 aromatic rings. The van der Waals surface area contributed by atoms with E-state index in [0.717, 1.165) is 12.8 Å². The minimum Gasteiger partial charge on any atom is -0.467 e. The van der Waals surface area contributed by atoms with E-state index >= 15 is 0 Å². The Morgan fingerprint density at radius 1 is 1.29 bits per heavy atom. The zero-order chi connectivity index (χ0) is 13.5. The summed E-state index contributed by atoms with van der Waals surface area (Å²) in [6.07, 6.45) is 1.64. The van der Waals surface area contributed by atoms with Crippen LogP contribution < -0.4 is 5.32 Å². The molecule has 0 aliphatic heterocycles. The maximum atomic E-state index is 11.2. The van der Waals surface area contributed by atoms with Crippen molar-refractivity contribution in [3.8, 4) is 0 Å². The number of hydrogen-bond donors (Lipinski definition) is 3. The van der Waals surface area contributed by atoms with E-state index in [0.29, 0.717) is 6.54 Å². The summed E-state index contributed by atoms with van der Waals surface area (Å²) in [7, 11) is 1.25. The smallest absolute Gasteiger partial charge is 0.338 e. The lowest BCUT2D eigenvalue weighted by molar-refractivity contribution is -0.160. The summed E-state index contributed by atoms with van der Waals surface area (Å²) in [6.45, 7) is 6.57. The molecule has 0 aromatic heterocycles. The highest BCUT2D eigenvalue weighted by molar-refractivity contribution is 5.78. The number of rotatable bonds is 8. The third kappa shape index (κ3) is 6.61. The summed E-state index contributed by atoms with van der Waals surface area (Å²) in [5.74, 6) is -0.641. The molecule has 1 atom stereocenters. The highest BCUT2D eigenvalue weighted by Crippen LogP contribution is 2.20. The molecule has 0 aliphatic rings. The standard InChI is InChI=1S/C12H25NO4/c1-11(2,6-5-7-14)8-13-9-12(3,16)10(15)17-4/h13-14,16H,5-9H2,1-4H3. The van der Waals surface area contributed by atoms with Gasteiger partial charge in [-0.1, -0.05) is 13.8 Å². The highest BCUT2D eigenvalue weighted by atomic mass is 16.5. The quantitative estimate of drug-likeness (QED) is 0.538. The highest BCUT2D eigenvalue weighted by Gasteiger charge is 2.31. The van der Waals surface area contributed by atoms with Gasteiger partial charge in [-0.2, -0.15) is 0 Å². The maximum absolute atomic E-state index is 11.2. The molecular weight excluding hydrogens is 222 g/mol. The lowest BCUT2D eigenvalue weighted by Gasteiger charge is -2.27. The van der Waals surface area contributed by atoms with Crippen LogP contribution >= 0.6 is 0 Å². The Morgan fingerprint density at radius 2 is 1.88 bits per heavy atom. The van der Waals surface area contributed by atoms with E-state index in [1.807, 2.05) is 0 Å². The summed E-state index contributed by atoms with van der Waals surface area (Å²) in [5, 5.41) is 21.6. The fourth-order valence-electron chi connectivity index (χ4n) is 1.58. The van der Waals surface area contributed by atoms with Crippen LogP contribution in [0.15, 0.2) is 0 Å². The second-order valence-electron chi connectivity index (χ2n) is 5.36. The average molecular weight is 247 g/mol. The van der Waals surface area contributed by atoms with Gasteiger partial charge in [0.15, 0.2) is 5.60 Å². The van der Waals surface area contributed by atoms with Crippen molar-refractivity contribution in [2.45, 2.75) is 39.2 Å². The van der Waals surface area contributed by atoms with Gasteiger partial charge in [0.25, 0.3) is 0 Å². The Labute approximate surface area is 103 Å². The molecule has 0 heterocycles. The zero-order valence-electron chi connectivity index (χ0n) is 11.2. The Hall–Kier alpha value is -0.650. The van der Waals surface area contributed by atoms with Gasteiger partial charge >= 0.3 is 5.97 Å². The second kappa shape index (κ2) is 6.93. The van der Waals surface area contributed by atoms with E-state index in [2.05, 4.69) is 23.9 Å². The first-order chi connectivity index (χ1) is 7.75. The Morgan fingerprint density at radius 3 is 2.35 bits per heavy atom. The van der Waals surface area contributed by atoms with Gasteiger partial charge in [-0.05, 0) is 25.2 Å². The summed E-state index contributed by atoms with van der Waals surface area (Å²) >= 11 is 0. The molecule has 0 rings (SSSR count). The van der Waals surface area contributed by atoms with E-state index in [9.17, 15) is 9.90 Å². The molecule has 0 saturated heterocycles. The predicted octanol–water partition coefficient (Wildman–Crippen LogP) is 0.299. The van der Waals surface area contributed by atoms with Crippen molar-refractivity contribution < 1.29 is 19.7 Å². The van der Waals surface area contributed by atoms with E-state index in [4.69, 9.17) is 5.11 Å². The monoisotopic (exact) mass is 247 g/mol. The summed E-state index contributed by atoms with van der Waals surface area (Å²) in [5.41, 5.74) is -1.48. The minimum absolute atomic E-state index is 0.0227. The normalized spacial score (nSPS) is 15.4. The third-order valence-electron chi connectivity index (χ3n) is 2.71. The Balaban J connectivity index is 4.01. The van der Waals surface area contributed by atoms with Gasteiger partial charge in [0.2, 0.25) is 0 Å². The zero-order valence-corrected chi connectivity index (χ0v) is 11.2. The van der Waals surface area contributed by atoms with Gasteiger partial charge in [-0.25, -0.2) is 4.79 Å². The number of aliphatic hydroxyl groups excluding tert-OH is 1. The first-order valence-corrected chi connectivity index (χ1v) is 5.87. The van der Waals surface area contributed by atoms with Crippen LogP contribution in [0, 0.1) is 5.41 Å². The number of hydrogen-bond acceptors (Lipinski definition) is 5. The number of carbonyl (C=O) groups excluding carboxylic acids is 1. The number of methoxy groups -OCH3 is 1. The molecule has 0 fully saturated rings. The predicted molar refractivity (Wildman–Crippen MR) is 65.6 cm³/mol. The van der Waals surface area contributed by atoms with Gasteiger partial charge in [-0.15, -0.1) is 0 Å². The molecule has 102 valence electrons. The first kappa shape index (κ1) is 16.4. The van der Waals surface area contributed by atoms with Gasteiger partial charge in [0, 0.05) is 19.7 Å². The topological polar surface area (TPSA) is 78.8 Å². The molecular formula is C12H25NO4. The largest absolute Gasteiger partial charge is 0.467 e. The lowest BCUT2D eigenvalue weighted by atomic mass is 9.87. The maximum Gasteiger partial charge on any atom is 0.338 e. The summed E-state index contributed by atoms with van der Waals surface area (Å²) < 4.78 is 4.50. The molecule has 0 bridgehead atoms. The molecule has 1 unspecified atom stereocenters. The van der Waals surface area contributed by atoms with Crippen LogP contribution in [0.4, 0.5) is 0 Å². The van der Waals surface area contributed by atoms with Crippen LogP contribution in [-0.2, 0) is 9.53 Å². The average Bonchev–Trinajstić information content (AvgIpc) is 2.24. The first-order valence-electron chi connectivity index (χ1n) is 5.87. The molecule has 0 radical (unpaired) electrons. The van der Waals surface area contributed by atoms with Gasteiger partial charge in [0.05, 0.1) is 7.11 Å². The van der Waals surface area contributed by atoms with Crippen molar-refractivity contribution >= 4 is 5.97 Å². The van der Waals surface area contributed by atoms with Crippen molar-refractivity contribution in [1.29, 1.82) is 0 Å². The fraction of sp³-hybridized carbons (Fsp3) is 0.917. The van der Waals surface area contributed by atoms with Crippen molar-refractivity contribution in [3.63, 3.8) is 0 Å². The van der Waals surface area contributed by atoms with Crippen LogP contribution in [0.25, 0.3) is 0 Å². The number of esters is 1. The van der Waals surface area contributed by atoms with Gasteiger partial charge in [0.1, 0.15) is 0 Å². The second-order valence-corrected chi connectivity index (χ2v) is 5.36. The molecule has 3 N–H and O–H groups in total. The van der Waals surface area contributed by atoms with E-state index in [1.54, 1.807) is 0 Å². The van der Waals surface area contributed by atoms with Gasteiger partial charge < -0.3 is 20.3 Å². The fourth-order valence-corrected chi connectivity index (χ4v) is 1.58. The molecule has 5 heteroatoms. The summed E-state index contributed by atoms with van der Waals surface area (Å²) in [6, 6.07) is 0.